The van der Waals surface area contributed by atoms with Crippen molar-refractivity contribution in [1.29, 1.82) is 0 Å². The van der Waals surface area contributed by atoms with Gasteiger partial charge < -0.3 is 10.6 Å². The SMILES string of the molecule is Cc1ccccc1CNC(=O)[C@H](C)NC(=O)c1ccccc1Cl. The summed E-state index contributed by atoms with van der Waals surface area (Å²) in [4.78, 5) is 24.3. The van der Waals surface area contributed by atoms with Gasteiger partial charge >= 0.3 is 0 Å². The largest absolute Gasteiger partial charge is 0.350 e. The predicted octanol–water partition coefficient (Wildman–Crippen LogP) is 3.08. The first kappa shape index (κ1) is 17.0. The summed E-state index contributed by atoms with van der Waals surface area (Å²) in [5.41, 5.74) is 2.51. The van der Waals surface area contributed by atoms with Crippen LogP contribution in [0, 0.1) is 6.92 Å². The molecular weight excluding hydrogens is 312 g/mol. The molecular formula is C18H19ClN2O2. The molecule has 0 aliphatic heterocycles. The summed E-state index contributed by atoms with van der Waals surface area (Å²) in [5, 5.41) is 5.84. The van der Waals surface area contributed by atoms with Gasteiger partial charge in [0.15, 0.2) is 0 Å². The second-order valence-corrected chi connectivity index (χ2v) is 5.73. The van der Waals surface area contributed by atoms with Crippen LogP contribution in [0.15, 0.2) is 48.5 Å². The van der Waals surface area contributed by atoms with Gasteiger partial charge in [0.05, 0.1) is 10.6 Å². The molecule has 120 valence electrons. The Morgan fingerprint density at radius 2 is 1.74 bits per heavy atom. The average molecular weight is 331 g/mol. The summed E-state index contributed by atoms with van der Waals surface area (Å²) in [6.45, 7) is 4.06. The molecule has 0 saturated carbocycles. The van der Waals surface area contributed by atoms with E-state index in [-0.39, 0.29) is 11.8 Å². The van der Waals surface area contributed by atoms with Gasteiger partial charge in [-0.15, -0.1) is 0 Å². The minimum atomic E-state index is -0.650. The molecule has 2 rings (SSSR count). The Bertz CT molecular complexity index is 716. The number of aryl methyl sites for hydroxylation is 1. The van der Waals surface area contributed by atoms with Crippen molar-refractivity contribution in [3.63, 3.8) is 0 Å². The van der Waals surface area contributed by atoms with Crippen LogP contribution in [0.4, 0.5) is 0 Å². The molecule has 1 atom stereocenters. The minimum absolute atomic E-state index is 0.242. The smallest absolute Gasteiger partial charge is 0.253 e. The third-order valence-electron chi connectivity index (χ3n) is 3.57. The summed E-state index contributed by atoms with van der Waals surface area (Å²) < 4.78 is 0. The van der Waals surface area contributed by atoms with Crippen molar-refractivity contribution in [2.45, 2.75) is 26.4 Å². The molecule has 0 unspecified atom stereocenters. The summed E-state index contributed by atoms with van der Waals surface area (Å²) in [6, 6.07) is 13.9. The fourth-order valence-corrected chi connectivity index (χ4v) is 2.35. The third kappa shape index (κ3) is 4.57. The number of hydrogen-bond donors (Lipinski definition) is 2. The van der Waals surface area contributed by atoms with Gasteiger partial charge in [-0.25, -0.2) is 0 Å². The van der Waals surface area contributed by atoms with Crippen LogP contribution < -0.4 is 10.6 Å². The molecule has 0 saturated heterocycles. The van der Waals surface area contributed by atoms with Crippen LogP contribution in [0.2, 0.25) is 5.02 Å². The lowest BCUT2D eigenvalue weighted by molar-refractivity contribution is -0.122. The summed E-state index contributed by atoms with van der Waals surface area (Å²) in [5.74, 6) is -0.609. The van der Waals surface area contributed by atoms with E-state index in [1.165, 1.54) is 0 Å². The van der Waals surface area contributed by atoms with Crippen molar-refractivity contribution in [2.75, 3.05) is 0 Å². The number of halogens is 1. The Morgan fingerprint density at radius 3 is 2.43 bits per heavy atom. The van der Waals surface area contributed by atoms with Crippen LogP contribution in [0.5, 0.6) is 0 Å². The summed E-state index contributed by atoms with van der Waals surface area (Å²) >= 11 is 5.98. The molecule has 5 heteroatoms. The highest BCUT2D eigenvalue weighted by Gasteiger charge is 2.17. The molecule has 2 aromatic carbocycles. The molecule has 2 N–H and O–H groups in total. The van der Waals surface area contributed by atoms with Gasteiger partial charge in [0, 0.05) is 6.54 Å². The van der Waals surface area contributed by atoms with Crippen LogP contribution in [-0.4, -0.2) is 17.9 Å². The Balaban J connectivity index is 1.91. The second-order valence-electron chi connectivity index (χ2n) is 5.32. The van der Waals surface area contributed by atoms with E-state index in [2.05, 4.69) is 10.6 Å². The first-order valence-corrected chi connectivity index (χ1v) is 7.74. The molecule has 0 bridgehead atoms. The van der Waals surface area contributed by atoms with E-state index in [9.17, 15) is 9.59 Å². The Labute approximate surface area is 140 Å². The van der Waals surface area contributed by atoms with Crippen molar-refractivity contribution < 1.29 is 9.59 Å². The fraction of sp³-hybridized carbons (Fsp3) is 0.222. The molecule has 0 fully saturated rings. The highest BCUT2D eigenvalue weighted by atomic mass is 35.5. The first-order valence-electron chi connectivity index (χ1n) is 7.36. The maximum absolute atomic E-state index is 12.1. The summed E-state index contributed by atoms with van der Waals surface area (Å²) in [6.07, 6.45) is 0. The van der Waals surface area contributed by atoms with Crippen LogP contribution in [0.1, 0.15) is 28.4 Å². The van der Waals surface area contributed by atoms with E-state index >= 15 is 0 Å². The lowest BCUT2D eigenvalue weighted by Crippen LogP contribution is -2.44. The zero-order chi connectivity index (χ0) is 16.8. The van der Waals surface area contributed by atoms with Crippen molar-refractivity contribution in [3.8, 4) is 0 Å². The molecule has 0 aromatic heterocycles. The molecule has 0 aliphatic carbocycles. The van der Waals surface area contributed by atoms with Crippen molar-refractivity contribution in [1.82, 2.24) is 10.6 Å². The molecule has 2 aromatic rings. The monoisotopic (exact) mass is 330 g/mol. The van der Waals surface area contributed by atoms with Gasteiger partial charge in [-0.1, -0.05) is 48.0 Å². The summed E-state index contributed by atoms with van der Waals surface area (Å²) in [7, 11) is 0. The van der Waals surface area contributed by atoms with Gasteiger partial charge in [0.1, 0.15) is 6.04 Å². The first-order chi connectivity index (χ1) is 11.0. The Kier molecular flexibility index (Phi) is 5.77. The van der Waals surface area contributed by atoms with E-state index < -0.39 is 6.04 Å². The van der Waals surface area contributed by atoms with Gasteiger partial charge in [0.25, 0.3) is 5.91 Å². The normalized spacial score (nSPS) is 11.6. The number of nitrogens with one attached hydrogen (secondary N) is 2. The second kappa shape index (κ2) is 7.79. The Hall–Kier alpha value is -2.33. The third-order valence-corrected chi connectivity index (χ3v) is 3.90. The molecule has 0 aliphatic rings. The number of rotatable bonds is 5. The number of amides is 2. The minimum Gasteiger partial charge on any atom is -0.350 e. The molecule has 23 heavy (non-hydrogen) atoms. The zero-order valence-electron chi connectivity index (χ0n) is 13.1. The Morgan fingerprint density at radius 1 is 1.09 bits per heavy atom. The molecule has 0 spiro atoms. The number of benzene rings is 2. The van der Waals surface area contributed by atoms with Crippen LogP contribution >= 0.6 is 11.6 Å². The van der Waals surface area contributed by atoms with E-state index in [1.54, 1.807) is 31.2 Å². The topological polar surface area (TPSA) is 58.2 Å². The molecule has 4 nitrogen and oxygen atoms in total. The molecule has 0 radical (unpaired) electrons. The van der Waals surface area contributed by atoms with E-state index in [0.29, 0.717) is 17.1 Å². The highest BCUT2D eigenvalue weighted by molar-refractivity contribution is 6.33. The van der Waals surface area contributed by atoms with Crippen molar-refractivity contribution in [3.05, 3.63) is 70.2 Å². The molecule has 2 amide bonds. The number of carbonyl (C=O) groups excluding carboxylic acids is 2. The standard InChI is InChI=1S/C18H19ClN2O2/c1-12-7-3-4-8-14(12)11-20-17(22)13(2)21-18(23)15-9-5-6-10-16(15)19/h3-10,13H,11H2,1-2H3,(H,20,22)(H,21,23)/t13-/m0/s1. The van der Waals surface area contributed by atoms with Gasteiger partial charge in [-0.3, -0.25) is 9.59 Å². The highest BCUT2D eigenvalue weighted by Crippen LogP contribution is 2.14. The lowest BCUT2D eigenvalue weighted by atomic mass is 10.1. The molecule has 0 heterocycles. The van der Waals surface area contributed by atoms with Crippen molar-refractivity contribution in [2.24, 2.45) is 0 Å². The fourth-order valence-electron chi connectivity index (χ4n) is 2.13. The van der Waals surface area contributed by atoms with Gasteiger partial charge in [0.2, 0.25) is 5.91 Å². The predicted molar refractivity (Wildman–Crippen MR) is 91.4 cm³/mol. The quantitative estimate of drug-likeness (QED) is 0.885. The number of carbonyl (C=O) groups is 2. The van der Waals surface area contributed by atoms with Crippen LogP contribution in [0.25, 0.3) is 0 Å². The van der Waals surface area contributed by atoms with E-state index in [0.717, 1.165) is 11.1 Å². The van der Waals surface area contributed by atoms with Crippen LogP contribution in [-0.2, 0) is 11.3 Å². The average Bonchev–Trinajstić information content (AvgIpc) is 2.54. The van der Waals surface area contributed by atoms with Gasteiger partial charge in [-0.05, 0) is 37.1 Å². The maximum atomic E-state index is 12.1. The van der Waals surface area contributed by atoms with E-state index in [4.69, 9.17) is 11.6 Å². The maximum Gasteiger partial charge on any atom is 0.253 e. The van der Waals surface area contributed by atoms with E-state index in [1.807, 2.05) is 31.2 Å². The number of hydrogen-bond acceptors (Lipinski definition) is 2. The zero-order valence-corrected chi connectivity index (χ0v) is 13.9. The van der Waals surface area contributed by atoms with Crippen molar-refractivity contribution >= 4 is 23.4 Å². The lowest BCUT2D eigenvalue weighted by Gasteiger charge is -2.15. The van der Waals surface area contributed by atoms with Gasteiger partial charge in [-0.2, -0.15) is 0 Å². The van der Waals surface area contributed by atoms with Crippen LogP contribution in [0.3, 0.4) is 0 Å².